The van der Waals surface area contributed by atoms with Gasteiger partial charge in [0, 0.05) is 0 Å². The first-order valence-corrected chi connectivity index (χ1v) is 3.28. The lowest BCUT2D eigenvalue weighted by Gasteiger charge is -1.88. The van der Waals surface area contributed by atoms with E-state index < -0.39 is 17.0 Å². The van der Waals surface area contributed by atoms with Gasteiger partial charge in [-0.05, 0) is 0 Å². The maximum absolute atomic E-state index is 10.9. The summed E-state index contributed by atoms with van der Waals surface area (Å²) in [5, 5.41) is 0. The van der Waals surface area contributed by atoms with E-state index in [0.29, 0.717) is 0 Å². The third-order valence-corrected chi connectivity index (χ3v) is 0.776. The fourth-order valence-electron chi connectivity index (χ4n) is 0.0809. The Morgan fingerprint density at radius 3 is 2.14 bits per heavy atom. The molecule has 0 aliphatic rings. The first-order valence-electron chi connectivity index (χ1n) is 1.46. The van der Waals surface area contributed by atoms with Crippen LogP contribution in [-0.4, -0.2) is 21.5 Å². The van der Waals surface area contributed by atoms with E-state index in [1.165, 1.54) is 0 Å². The molecule has 0 fully saturated rings. The Bertz CT molecular complexity index is 126. The molecule has 0 spiro atoms. The van der Waals surface area contributed by atoms with E-state index >= 15 is 0 Å². The summed E-state index contributed by atoms with van der Waals surface area (Å²) in [6.45, 7) is -1.28. The number of halogens is 1. The lowest BCUT2D eigenvalue weighted by atomic mass is 11.6. The van der Waals surface area contributed by atoms with Crippen molar-refractivity contribution in [1.82, 2.24) is 0 Å². The van der Waals surface area contributed by atoms with Crippen LogP contribution in [0.5, 0.6) is 0 Å². The van der Waals surface area contributed by atoms with Crippen molar-refractivity contribution in [2.75, 3.05) is 13.1 Å². The van der Waals surface area contributed by atoms with Crippen LogP contribution in [0.15, 0.2) is 0 Å². The molecule has 0 rings (SSSR count). The lowest BCUT2D eigenvalue weighted by molar-refractivity contribution is 0.200. The largest absolute Gasteiger partial charge is 0.266 e. The van der Waals surface area contributed by atoms with Crippen LogP contribution >= 0.6 is 0 Å². The summed E-state index contributed by atoms with van der Waals surface area (Å²) >= 11 is 0. The minimum absolute atomic E-state index is 0.784. The van der Waals surface area contributed by atoms with Crippen molar-refractivity contribution in [2.24, 2.45) is 0 Å². The fourth-order valence-corrected chi connectivity index (χ4v) is 0.243. The molecule has 0 bridgehead atoms. The van der Waals surface area contributed by atoms with Crippen molar-refractivity contribution in [3.05, 3.63) is 0 Å². The van der Waals surface area contributed by atoms with Crippen molar-refractivity contribution in [2.45, 2.75) is 0 Å². The summed E-state index contributed by atoms with van der Waals surface area (Å²) in [5.41, 5.74) is 0. The van der Waals surface area contributed by atoms with Gasteiger partial charge in [-0.2, -0.15) is 8.42 Å². The predicted octanol–water partition coefficient (Wildman–Crippen LogP) is -0.110. The highest BCUT2D eigenvalue weighted by molar-refractivity contribution is 7.85. The van der Waals surface area contributed by atoms with Gasteiger partial charge in [0.2, 0.25) is 6.86 Å². The van der Waals surface area contributed by atoms with E-state index in [1.807, 2.05) is 0 Å². The van der Waals surface area contributed by atoms with Crippen LogP contribution in [-0.2, 0) is 14.3 Å². The average molecular weight is 127 g/mol. The SMILES string of the molecule is CS(=O)(=O)OC[18F]. The summed E-state index contributed by atoms with van der Waals surface area (Å²) in [7, 11) is -3.55. The van der Waals surface area contributed by atoms with Crippen LogP contribution in [0.4, 0.5) is 4.39 Å². The average Bonchev–Trinajstić information content (AvgIpc) is 1.30. The first-order chi connectivity index (χ1) is 3.06. The van der Waals surface area contributed by atoms with Crippen molar-refractivity contribution in [3.63, 3.8) is 0 Å². The second-order valence-corrected chi connectivity index (χ2v) is 2.58. The minimum atomic E-state index is -3.55. The van der Waals surface area contributed by atoms with Crippen molar-refractivity contribution < 1.29 is 17.0 Å². The van der Waals surface area contributed by atoms with E-state index in [1.54, 1.807) is 0 Å². The molecule has 0 radical (unpaired) electrons. The number of hydrogen-bond acceptors (Lipinski definition) is 3. The molecule has 3 nitrogen and oxygen atoms in total. The molecule has 0 aromatic carbocycles. The summed E-state index contributed by atoms with van der Waals surface area (Å²) in [6.07, 6.45) is 0.784. The van der Waals surface area contributed by atoms with Crippen LogP contribution in [0.3, 0.4) is 0 Å². The molecule has 0 aliphatic carbocycles. The third kappa shape index (κ3) is 5.84. The second-order valence-electron chi connectivity index (χ2n) is 0.931. The van der Waals surface area contributed by atoms with E-state index in [2.05, 4.69) is 4.18 Å². The molecule has 5 heteroatoms. The summed E-state index contributed by atoms with van der Waals surface area (Å²) < 4.78 is 34.0. The highest BCUT2D eigenvalue weighted by Gasteiger charge is 1.96. The Labute approximate surface area is 41.2 Å². The number of alkyl halides is 1. The molecule has 0 unspecified atom stereocenters. The van der Waals surface area contributed by atoms with Crippen LogP contribution in [0.2, 0.25) is 0 Å². The normalized spacial score (nSPS) is 11.7. The zero-order valence-corrected chi connectivity index (χ0v) is 4.53. The topological polar surface area (TPSA) is 43.4 Å². The van der Waals surface area contributed by atoms with Crippen LogP contribution in [0.25, 0.3) is 0 Å². The fraction of sp³-hybridized carbons (Fsp3) is 1.00. The van der Waals surface area contributed by atoms with Crippen LogP contribution in [0.1, 0.15) is 0 Å². The van der Waals surface area contributed by atoms with Crippen molar-refractivity contribution >= 4 is 10.1 Å². The summed E-state index contributed by atoms with van der Waals surface area (Å²) in [6, 6.07) is 0. The molecule has 0 N–H and O–H groups in total. The van der Waals surface area contributed by atoms with Gasteiger partial charge in [-0.3, -0.25) is 0 Å². The van der Waals surface area contributed by atoms with Gasteiger partial charge < -0.3 is 0 Å². The van der Waals surface area contributed by atoms with Crippen LogP contribution < -0.4 is 0 Å². The second kappa shape index (κ2) is 2.23. The molecule has 7 heavy (non-hydrogen) atoms. The zero-order chi connectivity index (χ0) is 5.91. The minimum Gasteiger partial charge on any atom is -0.236 e. The molecular weight excluding hydrogens is 122 g/mol. The maximum atomic E-state index is 10.9. The molecule has 0 amide bonds. The highest BCUT2D eigenvalue weighted by Crippen LogP contribution is 1.83. The van der Waals surface area contributed by atoms with Crippen LogP contribution in [0, 0.1) is 0 Å². The van der Waals surface area contributed by atoms with Crippen molar-refractivity contribution in [1.29, 1.82) is 0 Å². The van der Waals surface area contributed by atoms with E-state index in [9.17, 15) is 12.8 Å². The Hall–Kier alpha value is -0.160. The number of hydrogen-bond donors (Lipinski definition) is 0. The third-order valence-electron chi connectivity index (χ3n) is 0.259. The molecule has 0 aliphatic heterocycles. The van der Waals surface area contributed by atoms with Gasteiger partial charge in [0.05, 0.1) is 6.26 Å². The predicted molar refractivity (Wildman–Crippen MR) is 21.9 cm³/mol. The van der Waals surface area contributed by atoms with Gasteiger partial charge in [-0.25, -0.2) is 8.57 Å². The summed E-state index contributed by atoms with van der Waals surface area (Å²) in [5.74, 6) is 0. The lowest BCUT2D eigenvalue weighted by Crippen LogP contribution is -1.99. The molecule has 44 valence electrons. The van der Waals surface area contributed by atoms with Gasteiger partial charge in [0.1, 0.15) is 0 Å². The van der Waals surface area contributed by atoms with Gasteiger partial charge in [-0.1, -0.05) is 0 Å². The maximum Gasteiger partial charge on any atom is 0.266 e. The highest BCUT2D eigenvalue weighted by atomic mass is 32.2. The first kappa shape index (κ1) is 6.84. The molecule has 0 heterocycles. The Balaban J connectivity index is 3.60. The zero-order valence-electron chi connectivity index (χ0n) is 3.72. The molecule has 0 aromatic rings. The molecule has 0 saturated heterocycles. The quantitative estimate of drug-likeness (QED) is 0.486. The standard InChI is InChI=1S/C2H5FO3S/c1-7(4,5)6-2-3/h2H2,1H3/i3-1. The van der Waals surface area contributed by atoms with E-state index in [4.69, 9.17) is 0 Å². The molecule has 0 saturated carbocycles. The van der Waals surface area contributed by atoms with Gasteiger partial charge in [0.25, 0.3) is 10.1 Å². The van der Waals surface area contributed by atoms with E-state index in [-0.39, 0.29) is 0 Å². The van der Waals surface area contributed by atoms with Crippen molar-refractivity contribution in [3.8, 4) is 0 Å². The van der Waals surface area contributed by atoms with E-state index in [0.717, 1.165) is 6.26 Å². The Morgan fingerprint density at radius 1 is 1.71 bits per heavy atom. The van der Waals surface area contributed by atoms with Gasteiger partial charge in [-0.15, -0.1) is 0 Å². The number of rotatable bonds is 2. The van der Waals surface area contributed by atoms with Gasteiger partial charge >= 0.3 is 0 Å². The summed E-state index contributed by atoms with van der Waals surface area (Å²) in [4.78, 5) is 0. The molecule has 0 atom stereocenters. The Kier molecular flexibility index (Phi) is 2.17. The monoisotopic (exact) mass is 127 g/mol. The molecular formula is C2H5FO3S. The Morgan fingerprint density at radius 2 is 2.14 bits per heavy atom. The smallest absolute Gasteiger partial charge is 0.236 e. The van der Waals surface area contributed by atoms with Gasteiger partial charge in [0.15, 0.2) is 0 Å². The molecule has 0 aromatic heterocycles.